The van der Waals surface area contributed by atoms with Gasteiger partial charge in [0, 0.05) is 12.1 Å². The van der Waals surface area contributed by atoms with E-state index in [4.69, 9.17) is 9.47 Å². The van der Waals surface area contributed by atoms with Crippen molar-refractivity contribution in [1.82, 2.24) is 0 Å². The van der Waals surface area contributed by atoms with E-state index in [1.165, 1.54) is 12.1 Å². The van der Waals surface area contributed by atoms with Gasteiger partial charge in [0.2, 0.25) is 0 Å². The first-order valence-corrected chi connectivity index (χ1v) is 8.27. The molecule has 0 spiro atoms. The highest BCUT2D eigenvalue weighted by Crippen LogP contribution is 2.35. The van der Waals surface area contributed by atoms with Crippen molar-refractivity contribution in [2.45, 2.75) is 38.4 Å². The number of ether oxygens (including phenoxy) is 2. The van der Waals surface area contributed by atoms with E-state index in [1.807, 2.05) is 6.92 Å². The van der Waals surface area contributed by atoms with Crippen LogP contribution in [0.25, 0.3) is 0 Å². The van der Waals surface area contributed by atoms with Gasteiger partial charge in [-0.1, -0.05) is 18.2 Å². The Morgan fingerprint density at radius 3 is 2.12 bits per heavy atom. The van der Waals surface area contributed by atoms with Gasteiger partial charge < -0.3 is 9.47 Å². The summed E-state index contributed by atoms with van der Waals surface area (Å²) >= 11 is 0. The van der Waals surface area contributed by atoms with E-state index in [9.17, 15) is 20.2 Å². The van der Waals surface area contributed by atoms with Crippen molar-refractivity contribution in [3.63, 3.8) is 0 Å². The summed E-state index contributed by atoms with van der Waals surface area (Å²) in [6.45, 7) is 1.83. The van der Waals surface area contributed by atoms with E-state index in [2.05, 4.69) is 0 Å². The van der Waals surface area contributed by atoms with Gasteiger partial charge >= 0.3 is 11.4 Å². The summed E-state index contributed by atoms with van der Waals surface area (Å²) in [6.07, 6.45) is 1.33. The molecule has 2 atom stereocenters. The number of rotatable bonds is 6. The van der Waals surface area contributed by atoms with Crippen LogP contribution in [0.1, 0.15) is 24.8 Å². The molecular formula is C18H18N2O6. The third-order valence-electron chi connectivity index (χ3n) is 4.32. The highest BCUT2D eigenvalue weighted by atomic mass is 16.6. The van der Waals surface area contributed by atoms with Crippen LogP contribution < -0.4 is 9.47 Å². The molecule has 26 heavy (non-hydrogen) atoms. The van der Waals surface area contributed by atoms with Crippen molar-refractivity contribution in [2.75, 3.05) is 0 Å². The largest absolute Gasteiger partial charge is 0.480 e. The van der Waals surface area contributed by atoms with Gasteiger partial charge in [-0.05, 0) is 43.9 Å². The van der Waals surface area contributed by atoms with Crippen molar-refractivity contribution < 1.29 is 19.3 Å². The average Bonchev–Trinajstić information content (AvgIpc) is 3.02. The number of benzene rings is 2. The Balaban J connectivity index is 1.81. The number of hydrogen-bond acceptors (Lipinski definition) is 6. The molecule has 0 amide bonds. The van der Waals surface area contributed by atoms with Gasteiger partial charge in [0.1, 0.15) is 12.2 Å². The summed E-state index contributed by atoms with van der Waals surface area (Å²) in [5.41, 5.74) is 0.631. The monoisotopic (exact) mass is 358 g/mol. The van der Waals surface area contributed by atoms with Crippen LogP contribution in [0.15, 0.2) is 42.5 Å². The summed E-state index contributed by atoms with van der Waals surface area (Å²) in [4.78, 5) is 21.4. The first kappa shape index (κ1) is 17.7. The van der Waals surface area contributed by atoms with Gasteiger partial charge in [-0.3, -0.25) is 20.2 Å². The Morgan fingerprint density at radius 2 is 1.46 bits per heavy atom. The minimum absolute atomic E-state index is 0.105. The first-order valence-electron chi connectivity index (χ1n) is 8.27. The standard InChI is InChI=1S/C18H18N2O6/c1-12-9-10-14(20(23)24)18(11-12)26-17-8-4-7-16(17)25-15-6-3-2-5-13(15)19(21)22/h2-3,5-6,9-11,16-17H,4,7-8H2,1H3/t16-,17+/m0/s1. The third kappa shape index (κ3) is 3.74. The predicted molar refractivity (Wildman–Crippen MR) is 93.6 cm³/mol. The van der Waals surface area contributed by atoms with E-state index in [0.29, 0.717) is 12.8 Å². The number of para-hydroxylation sites is 2. The van der Waals surface area contributed by atoms with Gasteiger partial charge in [-0.25, -0.2) is 0 Å². The zero-order chi connectivity index (χ0) is 18.7. The van der Waals surface area contributed by atoms with Crippen LogP contribution >= 0.6 is 0 Å². The number of nitro groups is 2. The van der Waals surface area contributed by atoms with Crippen LogP contribution in [-0.2, 0) is 0 Å². The van der Waals surface area contributed by atoms with Gasteiger partial charge in [-0.2, -0.15) is 0 Å². The summed E-state index contributed by atoms with van der Waals surface area (Å²) in [5, 5.41) is 22.4. The van der Waals surface area contributed by atoms with E-state index in [0.717, 1.165) is 12.0 Å². The molecule has 0 saturated heterocycles. The van der Waals surface area contributed by atoms with Crippen LogP contribution in [0, 0.1) is 27.2 Å². The molecule has 136 valence electrons. The number of hydrogen-bond donors (Lipinski definition) is 0. The molecule has 3 rings (SSSR count). The van der Waals surface area contributed by atoms with E-state index in [1.54, 1.807) is 30.3 Å². The van der Waals surface area contributed by atoms with Gasteiger partial charge in [0.15, 0.2) is 11.5 Å². The first-order chi connectivity index (χ1) is 12.5. The molecule has 1 saturated carbocycles. The van der Waals surface area contributed by atoms with E-state index >= 15 is 0 Å². The molecule has 8 heteroatoms. The zero-order valence-corrected chi connectivity index (χ0v) is 14.2. The number of aryl methyl sites for hydroxylation is 1. The molecule has 0 heterocycles. The van der Waals surface area contributed by atoms with Crippen LogP contribution in [0.2, 0.25) is 0 Å². The van der Waals surface area contributed by atoms with Crippen molar-refractivity contribution in [3.05, 3.63) is 68.3 Å². The molecule has 0 radical (unpaired) electrons. The molecule has 0 aliphatic heterocycles. The summed E-state index contributed by atoms with van der Waals surface area (Å²) < 4.78 is 11.7. The smallest absolute Gasteiger partial charge is 0.310 e. The fourth-order valence-corrected chi connectivity index (χ4v) is 3.06. The maximum absolute atomic E-state index is 11.2. The molecule has 0 aromatic heterocycles. The maximum Gasteiger partial charge on any atom is 0.310 e. The van der Waals surface area contributed by atoms with Gasteiger partial charge in [-0.15, -0.1) is 0 Å². The van der Waals surface area contributed by atoms with E-state index in [-0.39, 0.29) is 22.9 Å². The Morgan fingerprint density at radius 1 is 0.885 bits per heavy atom. The quantitative estimate of drug-likeness (QED) is 0.566. The lowest BCUT2D eigenvalue weighted by Crippen LogP contribution is -2.31. The molecule has 1 fully saturated rings. The number of nitro benzene ring substituents is 2. The van der Waals surface area contributed by atoms with Crippen LogP contribution in [0.5, 0.6) is 11.5 Å². The molecule has 8 nitrogen and oxygen atoms in total. The van der Waals surface area contributed by atoms with Crippen LogP contribution in [-0.4, -0.2) is 22.1 Å². The third-order valence-corrected chi connectivity index (χ3v) is 4.32. The second kappa shape index (κ2) is 7.38. The Hall–Kier alpha value is -3.16. The molecule has 1 aliphatic rings. The van der Waals surface area contributed by atoms with Crippen molar-refractivity contribution in [1.29, 1.82) is 0 Å². The van der Waals surface area contributed by atoms with Crippen molar-refractivity contribution in [2.24, 2.45) is 0 Å². The second-order valence-electron chi connectivity index (χ2n) is 6.20. The molecule has 2 aromatic rings. The lowest BCUT2D eigenvalue weighted by atomic mass is 10.2. The lowest BCUT2D eigenvalue weighted by Gasteiger charge is -2.22. The highest BCUT2D eigenvalue weighted by Gasteiger charge is 2.34. The van der Waals surface area contributed by atoms with Crippen LogP contribution in [0.3, 0.4) is 0 Å². The fourth-order valence-electron chi connectivity index (χ4n) is 3.06. The second-order valence-corrected chi connectivity index (χ2v) is 6.20. The maximum atomic E-state index is 11.2. The van der Waals surface area contributed by atoms with Crippen LogP contribution in [0.4, 0.5) is 11.4 Å². The lowest BCUT2D eigenvalue weighted by molar-refractivity contribution is -0.386. The predicted octanol–water partition coefficient (Wildman–Crippen LogP) is 4.19. The molecule has 0 unspecified atom stereocenters. The normalized spacial score (nSPS) is 19.1. The summed E-state index contributed by atoms with van der Waals surface area (Å²) in [5.74, 6) is 0.370. The van der Waals surface area contributed by atoms with Crippen molar-refractivity contribution >= 4 is 11.4 Å². The Bertz CT molecular complexity index is 838. The summed E-state index contributed by atoms with van der Waals surface area (Å²) in [6, 6.07) is 10.9. The number of nitrogens with zero attached hydrogens (tertiary/aromatic N) is 2. The van der Waals surface area contributed by atoms with Gasteiger partial charge in [0.25, 0.3) is 0 Å². The molecular weight excluding hydrogens is 340 g/mol. The molecule has 0 bridgehead atoms. The summed E-state index contributed by atoms with van der Waals surface area (Å²) in [7, 11) is 0. The highest BCUT2D eigenvalue weighted by molar-refractivity contribution is 5.48. The van der Waals surface area contributed by atoms with Crippen molar-refractivity contribution in [3.8, 4) is 11.5 Å². The Labute approximate surface area is 149 Å². The topological polar surface area (TPSA) is 105 Å². The molecule has 2 aromatic carbocycles. The Kier molecular flexibility index (Phi) is 5.01. The van der Waals surface area contributed by atoms with Gasteiger partial charge in [0.05, 0.1) is 9.85 Å². The SMILES string of the molecule is Cc1ccc([N+](=O)[O-])c(O[C@@H]2CCC[C@@H]2Oc2ccccc2[N+](=O)[O-])c1. The van der Waals surface area contributed by atoms with E-state index < -0.39 is 22.1 Å². The minimum atomic E-state index is -0.494. The zero-order valence-electron chi connectivity index (χ0n) is 14.2. The molecule has 0 N–H and O–H groups in total. The molecule has 1 aliphatic carbocycles. The minimum Gasteiger partial charge on any atom is -0.480 e. The average molecular weight is 358 g/mol. The fraction of sp³-hybridized carbons (Fsp3) is 0.333.